The van der Waals surface area contributed by atoms with Crippen LogP contribution >= 0.6 is 0 Å². The van der Waals surface area contributed by atoms with Gasteiger partial charge in [0.15, 0.2) is 9.84 Å². The van der Waals surface area contributed by atoms with Crippen molar-refractivity contribution >= 4 is 9.84 Å². The molecule has 1 unspecified atom stereocenters. The fourth-order valence-corrected chi connectivity index (χ4v) is 3.88. The van der Waals surface area contributed by atoms with Crippen LogP contribution in [0.1, 0.15) is 65.2 Å². The van der Waals surface area contributed by atoms with E-state index in [1.807, 2.05) is 6.92 Å². The van der Waals surface area contributed by atoms with E-state index < -0.39 is 9.84 Å². The van der Waals surface area contributed by atoms with Crippen LogP contribution in [0.15, 0.2) is 0 Å². The van der Waals surface area contributed by atoms with Crippen LogP contribution in [0.4, 0.5) is 0 Å². The van der Waals surface area contributed by atoms with Crippen LogP contribution in [-0.2, 0) is 9.84 Å². The van der Waals surface area contributed by atoms with E-state index in [0.717, 1.165) is 19.3 Å². The molecule has 0 aromatic rings. The van der Waals surface area contributed by atoms with E-state index in [1.165, 1.54) is 32.1 Å². The minimum atomic E-state index is -2.90. The molecule has 0 aliphatic heterocycles. The molecule has 1 aliphatic carbocycles. The van der Waals surface area contributed by atoms with Crippen molar-refractivity contribution in [2.45, 2.75) is 76.5 Å². The van der Waals surface area contributed by atoms with Gasteiger partial charge in [-0.25, -0.2) is 8.42 Å². The first-order valence-corrected chi connectivity index (χ1v) is 9.22. The van der Waals surface area contributed by atoms with Gasteiger partial charge in [0.25, 0.3) is 0 Å². The zero-order chi connectivity index (χ0) is 13.4. The molecule has 1 aliphatic rings. The number of rotatable bonds is 8. The largest absolute Gasteiger partial charge is 0.313 e. The molecule has 1 atom stereocenters. The molecule has 0 bridgehead atoms. The molecule has 18 heavy (non-hydrogen) atoms. The van der Waals surface area contributed by atoms with Gasteiger partial charge in [-0.3, -0.25) is 0 Å². The Labute approximate surface area is 113 Å². The molecule has 0 spiro atoms. The van der Waals surface area contributed by atoms with Crippen LogP contribution in [0.3, 0.4) is 0 Å². The Morgan fingerprint density at radius 3 is 2.44 bits per heavy atom. The van der Waals surface area contributed by atoms with E-state index in [4.69, 9.17) is 0 Å². The summed E-state index contributed by atoms with van der Waals surface area (Å²) in [6, 6.07) is 0.548. The Morgan fingerprint density at radius 1 is 1.17 bits per heavy atom. The first-order chi connectivity index (χ1) is 8.56. The average molecular weight is 275 g/mol. The summed E-state index contributed by atoms with van der Waals surface area (Å²) >= 11 is 0. The molecule has 1 fully saturated rings. The Hall–Kier alpha value is -0.0900. The van der Waals surface area contributed by atoms with Gasteiger partial charge in [0.1, 0.15) is 0 Å². The Balaban J connectivity index is 2.27. The van der Waals surface area contributed by atoms with Crippen molar-refractivity contribution in [2.75, 3.05) is 12.3 Å². The lowest BCUT2D eigenvalue weighted by Gasteiger charge is -2.24. The normalized spacial score (nSPS) is 19.9. The number of unbranched alkanes of at least 4 members (excludes halogenated alkanes) is 2. The molecule has 0 heterocycles. The molecule has 1 rings (SSSR count). The lowest BCUT2D eigenvalue weighted by molar-refractivity contribution is 0.374. The van der Waals surface area contributed by atoms with E-state index in [2.05, 4.69) is 12.2 Å². The van der Waals surface area contributed by atoms with Crippen molar-refractivity contribution in [2.24, 2.45) is 0 Å². The monoisotopic (exact) mass is 275 g/mol. The van der Waals surface area contributed by atoms with Crippen LogP contribution in [0.2, 0.25) is 0 Å². The van der Waals surface area contributed by atoms with Gasteiger partial charge in [0.2, 0.25) is 0 Å². The number of sulfone groups is 1. The summed E-state index contributed by atoms with van der Waals surface area (Å²) in [4.78, 5) is 0. The van der Waals surface area contributed by atoms with Gasteiger partial charge >= 0.3 is 0 Å². The number of nitrogens with one attached hydrogen (secondary N) is 1. The Kier molecular flexibility index (Phi) is 7.23. The van der Waals surface area contributed by atoms with Gasteiger partial charge in [-0.1, -0.05) is 39.0 Å². The summed E-state index contributed by atoms with van der Waals surface area (Å²) < 4.78 is 24.1. The lowest BCUT2D eigenvalue weighted by atomic mass is 9.95. The Morgan fingerprint density at radius 2 is 1.83 bits per heavy atom. The number of hydrogen-bond acceptors (Lipinski definition) is 3. The molecule has 1 saturated carbocycles. The fourth-order valence-electron chi connectivity index (χ4n) is 2.52. The third-order valence-electron chi connectivity index (χ3n) is 3.94. The predicted molar refractivity (Wildman–Crippen MR) is 77.6 cm³/mol. The topological polar surface area (TPSA) is 46.2 Å². The molecule has 4 heteroatoms. The second-order valence-corrected chi connectivity index (χ2v) is 8.17. The minimum absolute atomic E-state index is 0.240. The van der Waals surface area contributed by atoms with Gasteiger partial charge in [0, 0.05) is 12.6 Å². The fraction of sp³-hybridized carbons (Fsp3) is 1.00. The van der Waals surface area contributed by atoms with Crippen LogP contribution in [0.25, 0.3) is 0 Å². The molecule has 0 aromatic carbocycles. The summed E-state index contributed by atoms with van der Waals surface area (Å²) in [5.41, 5.74) is 0. The van der Waals surface area contributed by atoms with Gasteiger partial charge in [-0.15, -0.1) is 0 Å². The van der Waals surface area contributed by atoms with Crippen molar-refractivity contribution in [3.63, 3.8) is 0 Å². The summed E-state index contributed by atoms with van der Waals surface area (Å²) in [7, 11) is -2.90. The van der Waals surface area contributed by atoms with Crippen molar-refractivity contribution in [3.8, 4) is 0 Å². The minimum Gasteiger partial charge on any atom is -0.313 e. The predicted octanol–water partition coefficient (Wildman–Crippen LogP) is 2.90. The van der Waals surface area contributed by atoms with E-state index in [0.29, 0.717) is 18.3 Å². The number of hydrogen-bond donors (Lipinski definition) is 1. The smallest absolute Gasteiger partial charge is 0.154 e. The summed E-state index contributed by atoms with van der Waals surface area (Å²) in [6.45, 7) is 4.57. The maximum absolute atomic E-state index is 12.0. The molecule has 0 aromatic heterocycles. The summed E-state index contributed by atoms with van der Waals surface area (Å²) in [5, 5.41) is 3.20. The average Bonchev–Trinajstić information content (AvgIpc) is 2.37. The van der Waals surface area contributed by atoms with E-state index in [1.54, 1.807) is 0 Å². The first-order valence-electron chi connectivity index (χ1n) is 7.51. The van der Waals surface area contributed by atoms with Gasteiger partial charge in [-0.05, 0) is 26.2 Å². The van der Waals surface area contributed by atoms with Crippen molar-refractivity contribution < 1.29 is 8.42 Å². The highest BCUT2D eigenvalue weighted by Crippen LogP contribution is 2.17. The lowest BCUT2D eigenvalue weighted by Crippen LogP contribution is -2.39. The highest BCUT2D eigenvalue weighted by Gasteiger charge is 2.21. The third kappa shape index (κ3) is 5.70. The highest BCUT2D eigenvalue weighted by atomic mass is 32.2. The third-order valence-corrected chi connectivity index (χ3v) is 6.20. The molecule has 0 radical (unpaired) electrons. The van der Waals surface area contributed by atoms with E-state index in [9.17, 15) is 8.42 Å². The van der Waals surface area contributed by atoms with Crippen molar-refractivity contribution in [3.05, 3.63) is 0 Å². The van der Waals surface area contributed by atoms with Crippen LogP contribution in [-0.4, -0.2) is 32.0 Å². The second-order valence-electron chi connectivity index (χ2n) is 5.63. The van der Waals surface area contributed by atoms with Crippen LogP contribution in [0, 0.1) is 0 Å². The van der Waals surface area contributed by atoms with Gasteiger partial charge in [0.05, 0.1) is 11.0 Å². The molecule has 1 N–H and O–H groups in total. The standard InChI is InChI=1S/C14H29NO2S/c1-3-4-8-11-18(16,17)13(2)12-15-14-9-6-5-7-10-14/h13-15H,3-12H2,1-2H3. The zero-order valence-electron chi connectivity index (χ0n) is 12.0. The highest BCUT2D eigenvalue weighted by molar-refractivity contribution is 7.92. The molecular weight excluding hydrogens is 246 g/mol. The quantitative estimate of drug-likeness (QED) is 0.693. The maximum Gasteiger partial charge on any atom is 0.154 e. The molecule has 108 valence electrons. The molecule has 0 amide bonds. The molecule has 3 nitrogen and oxygen atoms in total. The summed E-state index contributed by atoms with van der Waals surface area (Å²) in [5.74, 6) is 0.356. The SMILES string of the molecule is CCCCCS(=O)(=O)C(C)CNC1CCCCC1. The maximum atomic E-state index is 12.0. The van der Waals surface area contributed by atoms with Crippen LogP contribution < -0.4 is 5.32 Å². The van der Waals surface area contributed by atoms with Crippen molar-refractivity contribution in [1.29, 1.82) is 0 Å². The first kappa shape index (κ1) is 16.0. The van der Waals surface area contributed by atoms with E-state index in [-0.39, 0.29) is 5.25 Å². The van der Waals surface area contributed by atoms with Gasteiger partial charge in [-0.2, -0.15) is 0 Å². The van der Waals surface area contributed by atoms with Crippen LogP contribution in [0.5, 0.6) is 0 Å². The van der Waals surface area contributed by atoms with E-state index >= 15 is 0 Å². The second kappa shape index (κ2) is 8.16. The molecular formula is C14H29NO2S. The molecule has 0 saturated heterocycles. The van der Waals surface area contributed by atoms with Crippen molar-refractivity contribution in [1.82, 2.24) is 5.32 Å². The van der Waals surface area contributed by atoms with Gasteiger partial charge < -0.3 is 5.32 Å². The Bertz CT molecular complexity index is 308. The summed E-state index contributed by atoms with van der Waals surface area (Å²) in [6.07, 6.45) is 9.23. The zero-order valence-corrected chi connectivity index (χ0v) is 12.8.